The van der Waals surface area contributed by atoms with Gasteiger partial charge in [0.15, 0.2) is 0 Å². The van der Waals surface area contributed by atoms with Crippen molar-refractivity contribution in [1.82, 2.24) is 15.6 Å². The first-order chi connectivity index (χ1) is 8.66. The number of nitrogens with one attached hydrogen (secondary N) is 2. The normalized spacial score (nSPS) is 22.1. The van der Waals surface area contributed by atoms with Gasteiger partial charge in [0.1, 0.15) is 0 Å². The Balaban J connectivity index is 1.74. The fraction of sp³-hybridized carbons (Fsp3) is 0.769. The van der Waals surface area contributed by atoms with Crippen molar-refractivity contribution in [2.24, 2.45) is 0 Å². The SMILES string of the molecule is Cc1nc(C)c(C(C)NCCC2CSCCN2)s1. The molecule has 0 amide bonds. The minimum absolute atomic E-state index is 0.424. The second-order valence-corrected chi connectivity index (χ2v) is 7.26. The standard InChI is InChI=1S/C13H23N3S2/c1-9(13-10(2)16-11(3)18-13)14-5-4-12-8-17-7-6-15-12/h9,12,14-15H,4-8H2,1-3H3. The zero-order valence-electron chi connectivity index (χ0n) is 11.5. The lowest BCUT2D eigenvalue weighted by Crippen LogP contribution is -2.39. The largest absolute Gasteiger partial charge is 0.312 e. The maximum atomic E-state index is 4.49. The highest BCUT2D eigenvalue weighted by atomic mass is 32.2. The molecule has 1 aliphatic rings. The molecular weight excluding hydrogens is 262 g/mol. The summed E-state index contributed by atoms with van der Waals surface area (Å²) in [7, 11) is 0. The van der Waals surface area contributed by atoms with Gasteiger partial charge in [0.2, 0.25) is 0 Å². The van der Waals surface area contributed by atoms with E-state index in [0.717, 1.165) is 13.1 Å². The third-order valence-electron chi connectivity index (χ3n) is 3.27. The summed E-state index contributed by atoms with van der Waals surface area (Å²) in [5.41, 5.74) is 1.18. The van der Waals surface area contributed by atoms with Gasteiger partial charge >= 0.3 is 0 Å². The van der Waals surface area contributed by atoms with Crippen molar-refractivity contribution in [2.45, 2.75) is 39.3 Å². The zero-order chi connectivity index (χ0) is 13.0. The van der Waals surface area contributed by atoms with Crippen LogP contribution in [0.4, 0.5) is 0 Å². The first kappa shape index (κ1) is 14.3. The third-order valence-corrected chi connectivity index (χ3v) is 5.66. The maximum Gasteiger partial charge on any atom is 0.0900 e. The van der Waals surface area contributed by atoms with Crippen LogP contribution in [0.15, 0.2) is 0 Å². The molecule has 0 bridgehead atoms. The molecule has 2 rings (SSSR count). The van der Waals surface area contributed by atoms with Crippen molar-refractivity contribution < 1.29 is 0 Å². The molecule has 2 N–H and O–H groups in total. The number of hydrogen-bond donors (Lipinski definition) is 2. The summed E-state index contributed by atoms with van der Waals surface area (Å²) in [6, 6.07) is 1.11. The van der Waals surface area contributed by atoms with Crippen molar-refractivity contribution in [3.05, 3.63) is 15.6 Å². The van der Waals surface area contributed by atoms with E-state index in [9.17, 15) is 0 Å². The van der Waals surface area contributed by atoms with Gasteiger partial charge in [-0.3, -0.25) is 0 Å². The molecule has 1 aliphatic heterocycles. The summed E-state index contributed by atoms with van der Waals surface area (Å²) >= 11 is 3.88. The second kappa shape index (κ2) is 6.89. The summed E-state index contributed by atoms with van der Waals surface area (Å²) in [4.78, 5) is 5.88. The van der Waals surface area contributed by atoms with E-state index < -0.39 is 0 Å². The second-order valence-electron chi connectivity index (χ2n) is 4.87. The maximum absolute atomic E-state index is 4.49. The van der Waals surface area contributed by atoms with E-state index in [2.05, 4.69) is 48.2 Å². The Bertz CT molecular complexity index is 372. The fourth-order valence-electron chi connectivity index (χ4n) is 2.32. The lowest BCUT2D eigenvalue weighted by atomic mass is 10.2. The predicted molar refractivity (Wildman–Crippen MR) is 81.7 cm³/mol. The van der Waals surface area contributed by atoms with Crippen LogP contribution in [0.1, 0.15) is 35.0 Å². The molecule has 0 aromatic carbocycles. The van der Waals surface area contributed by atoms with Crippen LogP contribution in [0, 0.1) is 13.8 Å². The lowest BCUT2D eigenvalue weighted by molar-refractivity contribution is 0.480. The van der Waals surface area contributed by atoms with Crippen LogP contribution in [0.2, 0.25) is 0 Å². The van der Waals surface area contributed by atoms with Crippen LogP contribution in [0.25, 0.3) is 0 Å². The first-order valence-electron chi connectivity index (χ1n) is 6.65. The van der Waals surface area contributed by atoms with Gasteiger partial charge in [-0.25, -0.2) is 4.98 Å². The number of thiazole rings is 1. The molecular formula is C13H23N3S2. The average Bonchev–Trinajstić information content (AvgIpc) is 2.70. The van der Waals surface area contributed by atoms with Crippen LogP contribution < -0.4 is 10.6 Å². The molecule has 102 valence electrons. The van der Waals surface area contributed by atoms with E-state index >= 15 is 0 Å². The Labute approximate surface area is 118 Å². The highest BCUT2D eigenvalue weighted by Crippen LogP contribution is 2.24. The molecule has 0 saturated carbocycles. The quantitative estimate of drug-likeness (QED) is 0.871. The van der Waals surface area contributed by atoms with E-state index in [1.807, 2.05) is 11.3 Å². The van der Waals surface area contributed by atoms with Gasteiger partial charge in [0, 0.05) is 35.0 Å². The summed E-state index contributed by atoms with van der Waals surface area (Å²) in [6.07, 6.45) is 1.22. The van der Waals surface area contributed by atoms with Gasteiger partial charge < -0.3 is 10.6 Å². The molecule has 1 aromatic rings. The molecule has 18 heavy (non-hydrogen) atoms. The molecule has 1 saturated heterocycles. The summed E-state index contributed by atoms with van der Waals surface area (Å²) in [5, 5.41) is 8.37. The zero-order valence-corrected chi connectivity index (χ0v) is 13.1. The van der Waals surface area contributed by atoms with Crippen molar-refractivity contribution in [3.8, 4) is 0 Å². The van der Waals surface area contributed by atoms with Crippen LogP contribution in [-0.4, -0.2) is 35.6 Å². The van der Waals surface area contributed by atoms with Gasteiger partial charge in [-0.1, -0.05) is 0 Å². The molecule has 0 spiro atoms. The van der Waals surface area contributed by atoms with Crippen LogP contribution in [0.3, 0.4) is 0 Å². The van der Waals surface area contributed by atoms with Crippen LogP contribution in [-0.2, 0) is 0 Å². The van der Waals surface area contributed by atoms with E-state index in [-0.39, 0.29) is 0 Å². The van der Waals surface area contributed by atoms with Gasteiger partial charge in [0.25, 0.3) is 0 Å². The number of aryl methyl sites for hydroxylation is 2. The molecule has 0 aliphatic carbocycles. The molecule has 1 aromatic heterocycles. The minimum Gasteiger partial charge on any atom is -0.312 e. The number of hydrogen-bond acceptors (Lipinski definition) is 5. The first-order valence-corrected chi connectivity index (χ1v) is 8.62. The van der Waals surface area contributed by atoms with Crippen molar-refractivity contribution in [1.29, 1.82) is 0 Å². The Kier molecular flexibility index (Phi) is 5.48. The average molecular weight is 285 g/mol. The monoisotopic (exact) mass is 285 g/mol. The molecule has 0 radical (unpaired) electrons. The predicted octanol–water partition coefficient (Wildman–Crippen LogP) is 2.51. The Morgan fingerprint density at radius 1 is 1.50 bits per heavy atom. The van der Waals surface area contributed by atoms with Crippen LogP contribution >= 0.6 is 23.1 Å². The van der Waals surface area contributed by atoms with Gasteiger partial charge in [-0.15, -0.1) is 11.3 Å². The minimum atomic E-state index is 0.424. The van der Waals surface area contributed by atoms with Crippen LogP contribution in [0.5, 0.6) is 0 Å². The molecule has 2 atom stereocenters. The Morgan fingerprint density at radius 2 is 2.33 bits per heavy atom. The Hall–Kier alpha value is -0.100. The van der Waals surface area contributed by atoms with E-state index in [0.29, 0.717) is 12.1 Å². The number of nitrogens with zero attached hydrogens (tertiary/aromatic N) is 1. The topological polar surface area (TPSA) is 37.0 Å². The fourth-order valence-corrected chi connectivity index (χ4v) is 4.27. The van der Waals surface area contributed by atoms with E-state index in [1.165, 1.54) is 33.5 Å². The molecule has 2 heterocycles. The van der Waals surface area contributed by atoms with Crippen molar-refractivity contribution >= 4 is 23.1 Å². The Morgan fingerprint density at radius 3 is 2.94 bits per heavy atom. The number of aromatic nitrogens is 1. The van der Waals surface area contributed by atoms with Crippen molar-refractivity contribution in [2.75, 3.05) is 24.6 Å². The smallest absolute Gasteiger partial charge is 0.0900 e. The van der Waals surface area contributed by atoms with E-state index in [1.54, 1.807) is 0 Å². The van der Waals surface area contributed by atoms with Crippen molar-refractivity contribution in [3.63, 3.8) is 0 Å². The van der Waals surface area contributed by atoms with Gasteiger partial charge in [-0.2, -0.15) is 11.8 Å². The number of thioether (sulfide) groups is 1. The molecule has 2 unspecified atom stereocenters. The lowest BCUT2D eigenvalue weighted by Gasteiger charge is -2.24. The van der Waals surface area contributed by atoms with E-state index in [4.69, 9.17) is 0 Å². The summed E-state index contributed by atoms with van der Waals surface area (Å²) < 4.78 is 0. The number of rotatable bonds is 5. The van der Waals surface area contributed by atoms with Gasteiger partial charge in [0.05, 0.1) is 10.7 Å². The summed E-state index contributed by atoms with van der Waals surface area (Å²) in [5.74, 6) is 2.52. The molecule has 1 fully saturated rings. The highest BCUT2D eigenvalue weighted by Gasteiger charge is 2.15. The third kappa shape index (κ3) is 3.95. The molecule has 3 nitrogen and oxygen atoms in total. The highest BCUT2D eigenvalue weighted by molar-refractivity contribution is 7.99. The summed E-state index contributed by atoms with van der Waals surface area (Å²) in [6.45, 7) is 8.67. The van der Waals surface area contributed by atoms with Gasteiger partial charge in [-0.05, 0) is 33.7 Å². The molecule has 5 heteroatoms.